The van der Waals surface area contributed by atoms with Crippen LogP contribution in [0.25, 0.3) is 0 Å². The number of halogens is 13. The van der Waals surface area contributed by atoms with Gasteiger partial charge in [-0.2, -0.15) is 57.1 Å². The van der Waals surface area contributed by atoms with Gasteiger partial charge in [0, 0.05) is 6.92 Å². The van der Waals surface area contributed by atoms with Crippen molar-refractivity contribution in [2.24, 2.45) is 0 Å². The van der Waals surface area contributed by atoms with Gasteiger partial charge in [-0.25, -0.2) is 4.79 Å². The van der Waals surface area contributed by atoms with Gasteiger partial charge in [0.15, 0.2) is 0 Å². The van der Waals surface area contributed by atoms with Crippen LogP contribution in [0, 0.1) is 0 Å². The summed E-state index contributed by atoms with van der Waals surface area (Å²) in [6, 6.07) is 0. The van der Waals surface area contributed by atoms with Crippen molar-refractivity contribution >= 4 is 11.9 Å². The Bertz CT molecular complexity index is 681. The number of esters is 2. The Kier molecular flexibility index (Phi) is 7.52. The van der Waals surface area contributed by atoms with Gasteiger partial charge < -0.3 is 9.47 Å². The highest BCUT2D eigenvalue weighted by Crippen LogP contribution is 2.60. The predicted octanol–water partition coefficient (Wildman–Crippen LogP) is 4.74. The number of carbonyl (C=O) groups is 2. The van der Waals surface area contributed by atoms with Crippen LogP contribution in [0.3, 0.4) is 0 Å². The van der Waals surface area contributed by atoms with Crippen LogP contribution in [0.4, 0.5) is 57.1 Å². The Morgan fingerprint density at radius 2 is 1.13 bits per heavy atom. The number of ether oxygens (including phenoxy) is 2. The smallest absolute Gasteiger partial charge is 0.460 e. The van der Waals surface area contributed by atoms with Gasteiger partial charge in [-0.15, -0.1) is 0 Å². The minimum Gasteiger partial charge on any atom is -0.460 e. The Morgan fingerprint density at radius 3 is 1.50 bits per heavy atom. The molecule has 17 heteroatoms. The molecule has 0 amide bonds. The van der Waals surface area contributed by atoms with Crippen LogP contribution >= 0.6 is 0 Å². The van der Waals surface area contributed by atoms with Crippen molar-refractivity contribution in [3.63, 3.8) is 0 Å². The van der Waals surface area contributed by atoms with Crippen LogP contribution in [0.1, 0.15) is 13.3 Å². The molecule has 0 aromatic heterocycles. The zero-order valence-corrected chi connectivity index (χ0v) is 14.2. The molecular weight excluding hydrogens is 467 g/mol. The molecule has 0 aliphatic heterocycles. The van der Waals surface area contributed by atoms with Crippen LogP contribution in [0.5, 0.6) is 0 Å². The summed E-state index contributed by atoms with van der Waals surface area (Å²) in [5.41, 5.74) is 0. The van der Waals surface area contributed by atoms with E-state index in [9.17, 15) is 66.7 Å². The Labute approximate surface area is 157 Å². The Balaban J connectivity index is 5.63. The molecule has 0 aliphatic rings. The molecule has 0 bridgehead atoms. The number of rotatable bonds is 9. The number of hydrogen-bond acceptors (Lipinski definition) is 4. The summed E-state index contributed by atoms with van der Waals surface area (Å²) < 4.78 is 175. The SMILES string of the molecule is C=C(OC(C)=O)C(=O)OCCC(F)(F)C(F)(F)C(F)(F)C(F)(F)C(F)(F)C(F)(F)F. The average molecular weight is 476 g/mol. The largest absolute Gasteiger partial charge is 0.460 e. The van der Waals surface area contributed by atoms with Gasteiger partial charge in [0.1, 0.15) is 0 Å². The highest BCUT2D eigenvalue weighted by molar-refractivity contribution is 5.88. The fourth-order valence-corrected chi connectivity index (χ4v) is 1.53. The highest BCUT2D eigenvalue weighted by Gasteiger charge is 2.90. The van der Waals surface area contributed by atoms with Crippen molar-refractivity contribution < 1.29 is 76.1 Å². The first-order chi connectivity index (χ1) is 13.0. The van der Waals surface area contributed by atoms with E-state index in [-0.39, 0.29) is 0 Å². The van der Waals surface area contributed by atoms with Crippen molar-refractivity contribution in [2.45, 2.75) is 49.1 Å². The van der Waals surface area contributed by atoms with Crippen molar-refractivity contribution in [2.75, 3.05) is 6.61 Å². The van der Waals surface area contributed by atoms with E-state index in [0.717, 1.165) is 0 Å². The molecular formula is C13H9F13O4. The normalized spacial score (nSPS) is 14.3. The van der Waals surface area contributed by atoms with E-state index in [1.165, 1.54) is 0 Å². The van der Waals surface area contributed by atoms with Crippen LogP contribution in [-0.4, -0.2) is 54.3 Å². The van der Waals surface area contributed by atoms with E-state index in [0.29, 0.717) is 6.92 Å². The van der Waals surface area contributed by atoms with Crippen LogP contribution < -0.4 is 0 Å². The third-order valence-corrected chi connectivity index (χ3v) is 3.14. The molecule has 0 aromatic rings. The molecule has 0 N–H and O–H groups in total. The van der Waals surface area contributed by atoms with E-state index in [1.54, 1.807) is 0 Å². The second-order valence-electron chi connectivity index (χ2n) is 5.40. The maximum Gasteiger partial charge on any atom is 0.460 e. The molecule has 0 unspecified atom stereocenters. The minimum absolute atomic E-state index is 0.714. The Morgan fingerprint density at radius 1 is 0.733 bits per heavy atom. The standard InChI is InChI=1S/C13H9F13O4/c1-5(30-6(2)27)7(28)29-4-3-8(14,15)9(16,17)10(18,19)11(20,21)12(22,23)13(24,25)26/h1,3-4H2,2H3. The van der Waals surface area contributed by atoms with Gasteiger partial charge in [0.05, 0.1) is 13.0 Å². The van der Waals surface area contributed by atoms with Crippen molar-refractivity contribution in [1.82, 2.24) is 0 Å². The van der Waals surface area contributed by atoms with Gasteiger partial charge in [-0.1, -0.05) is 0 Å². The topological polar surface area (TPSA) is 52.6 Å². The molecule has 0 aliphatic carbocycles. The van der Waals surface area contributed by atoms with Crippen molar-refractivity contribution in [3.05, 3.63) is 12.3 Å². The van der Waals surface area contributed by atoms with Crippen LogP contribution in [0.2, 0.25) is 0 Å². The molecule has 0 aromatic carbocycles. The molecule has 0 atom stereocenters. The van der Waals surface area contributed by atoms with E-state index in [2.05, 4.69) is 16.1 Å². The molecule has 176 valence electrons. The van der Waals surface area contributed by atoms with Gasteiger partial charge in [-0.05, 0) is 6.58 Å². The lowest BCUT2D eigenvalue weighted by Gasteiger charge is -2.39. The van der Waals surface area contributed by atoms with E-state index >= 15 is 0 Å². The lowest BCUT2D eigenvalue weighted by molar-refractivity contribution is -0.440. The monoisotopic (exact) mass is 476 g/mol. The Hall–Kier alpha value is -2.23. The maximum atomic E-state index is 13.4. The molecule has 0 fully saturated rings. The molecule has 30 heavy (non-hydrogen) atoms. The predicted molar refractivity (Wildman–Crippen MR) is 67.3 cm³/mol. The summed E-state index contributed by atoms with van der Waals surface area (Å²) >= 11 is 0. The molecule has 0 saturated heterocycles. The van der Waals surface area contributed by atoms with Gasteiger partial charge in [0.25, 0.3) is 0 Å². The molecule has 4 nitrogen and oxygen atoms in total. The molecule has 0 radical (unpaired) electrons. The maximum absolute atomic E-state index is 13.4. The van der Waals surface area contributed by atoms with E-state index < -0.39 is 66.5 Å². The van der Waals surface area contributed by atoms with Gasteiger partial charge in [-0.3, -0.25) is 4.79 Å². The first-order valence-corrected chi connectivity index (χ1v) is 6.97. The quantitative estimate of drug-likeness (QED) is 0.209. The summed E-state index contributed by atoms with van der Waals surface area (Å²) in [4.78, 5) is 21.6. The van der Waals surface area contributed by atoms with Gasteiger partial charge in [0.2, 0.25) is 5.76 Å². The highest BCUT2D eigenvalue weighted by atomic mass is 19.4. The molecule has 0 heterocycles. The first-order valence-electron chi connectivity index (χ1n) is 6.97. The number of alkyl halides is 13. The summed E-state index contributed by atoms with van der Waals surface area (Å²) in [7, 11) is 0. The zero-order valence-electron chi connectivity index (χ0n) is 14.2. The second kappa shape index (κ2) is 8.13. The molecule has 0 saturated carbocycles. The first kappa shape index (κ1) is 27.8. The summed E-state index contributed by atoms with van der Waals surface area (Å²) in [6.45, 7) is 1.46. The fourth-order valence-electron chi connectivity index (χ4n) is 1.53. The number of hydrogen-bond donors (Lipinski definition) is 0. The van der Waals surface area contributed by atoms with Crippen molar-refractivity contribution in [3.8, 4) is 0 Å². The van der Waals surface area contributed by atoms with Crippen LogP contribution in [-0.2, 0) is 19.1 Å². The molecule has 0 spiro atoms. The minimum atomic E-state index is -8.01. The van der Waals surface area contributed by atoms with Gasteiger partial charge >= 0.3 is 47.7 Å². The van der Waals surface area contributed by atoms with E-state index in [1.807, 2.05) is 0 Å². The second-order valence-corrected chi connectivity index (χ2v) is 5.40. The van der Waals surface area contributed by atoms with Crippen LogP contribution in [0.15, 0.2) is 12.3 Å². The summed E-state index contributed by atoms with van der Waals surface area (Å²) in [5.74, 6) is -41.9. The van der Waals surface area contributed by atoms with E-state index in [4.69, 9.17) is 0 Å². The lowest BCUT2D eigenvalue weighted by atomic mass is 9.93. The average Bonchev–Trinajstić information content (AvgIpc) is 2.51. The molecule has 0 rings (SSSR count). The lowest BCUT2D eigenvalue weighted by Crippen LogP contribution is -2.70. The number of carbonyl (C=O) groups excluding carboxylic acids is 2. The zero-order chi connectivity index (χ0) is 24.6. The fraction of sp³-hybridized carbons (Fsp3) is 0.692. The van der Waals surface area contributed by atoms with Crippen molar-refractivity contribution in [1.29, 1.82) is 0 Å². The summed E-state index contributed by atoms with van der Waals surface area (Å²) in [5, 5.41) is 0. The summed E-state index contributed by atoms with van der Waals surface area (Å²) in [6.07, 6.45) is -10.2. The third kappa shape index (κ3) is 4.74. The third-order valence-electron chi connectivity index (χ3n) is 3.14.